The molecule has 1 aromatic heterocycles. The Morgan fingerprint density at radius 2 is 2.04 bits per heavy atom. The number of rotatable bonds is 2. The van der Waals surface area contributed by atoms with Crippen LogP contribution in [0, 0.1) is 6.92 Å². The summed E-state index contributed by atoms with van der Waals surface area (Å²) < 4.78 is 5.86. The van der Waals surface area contributed by atoms with E-state index >= 15 is 0 Å². The lowest BCUT2D eigenvalue weighted by molar-refractivity contribution is -0.0487. The summed E-state index contributed by atoms with van der Waals surface area (Å²) in [6.45, 7) is 4.62. The maximum absolute atomic E-state index is 12.8. The zero-order chi connectivity index (χ0) is 16.4. The smallest absolute Gasteiger partial charge is 0.259 e. The number of aromatic amines is 1. The van der Waals surface area contributed by atoms with Gasteiger partial charge in [-0.05, 0) is 19.4 Å². The van der Waals surface area contributed by atoms with Crippen molar-refractivity contribution in [3.63, 3.8) is 0 Å². The fourth-order valence-corrected chi connectivity index (χ4v) is 2.80. The van der Waals surface area contributed by atoms with Gasteiger partial charge in [0.25, 0.3) is 5.91 Å². The van der Waals surface area contributed by atoms with Crippen molar-refractivity contribution in [1.29, 1.82) is 0 Å². The number of carbonyl (C=O) groups is 1. The maximum atomic E-state index is 12.8. The number of hydrogen-bond acceptors (Lipinski definition) is 3. The molecule has 1 saturated heterocycles. The average Bonchev–Trinajstić information content (AvgIpc) is 2.55. The van der Waals surface area contributed by atoms with Crippen LogP contribution < -0.4 is 5.43 Å². The van der Waals surface area contributed by atoms with E-state index in [0.717, 1.165) is 11.3 Å². The number of ether oxygens (including phenoxy) is 1. The van der Waals surface area contributed by atoms with Crippen molar-refractivity contribution < 1.29 is 9.53 Å². The second-order valence-corrected chi connectivity index (χ2v) is 5.93. The van der Waals surface area contributed by atoms with E-state index in [1.165, 1.54) is 12.3 Å². The molecule has 1 fully saturated rings. The van der Waals surface area contributed by atoms with Crippen LogP contribution in [0.4, 0.5) is 0 Å². The molecule has 0 aliphatic carbocycles. The van der Waals surface area contributed by atoms with E-state index < -0.39 is 0 Å². The summed E-state index contributed by atoms with van der Waals surface area (Å²) in [5.41, 5.74) is 1.70. The third kappa shape index (κ3) is 3.19. The van der Waals surface area contributed by atoms with Crippen LogP contribution in [0.2, 0.25) is 0 Å². The molecule has 2 atom stereocenters. The number of morpholine rings is 1. The largest absolute Gasteiger partial charge is 0.370 e. The van der Waals surface area contributed by atoms with E-state index in [1.807, 2.05) is 37.3 Å². The normalized spacial score (nSPS) is 21.2. The fourth-order valence-electron chi connectivity index (χ4n) is 2.80. The highest BCUT2D eigenvalue weighted by Crippen LogP contribution is 2.25. The van der Waals surface area contributed by atoms with E-state index in [-0.39, 0.29) is 29.0 Å². The quantitative estimate of drug-likeness (QED) is 0.925. The maximum Gasteiger partial charge on any atom is 0.259 e. The summed E-state index contributed by atoms with van der Waals surface area (Å²) in [6, 6.07) is 11.2. The van der Waals surface area contributed by atoms with Crippen molar-refractivity contribution >= 4 is 5.91 Å². The number of benzene rings is 1. The first kappa shape index (κ1) is 15.5. The van der Waals surface area contributed by atoms with E-state index in [1.54, 1.807) is 11.8 Å². The molecule has 1 N–H and O–H groups in total. The molecule has 1 aliphatic rings. The number of hydrogen-bond donors (Lipinski definition) is 1. The molecule has 2 aromatic rings. The fraction of sp³-hybridized carbons (Fsp3) is 0.333. The molecule has 0 radical (unpaired) electrons. The Kier molecular flexibility index (Phi) is 4.30. The van der Waals surface area contributed by atoms with Crippen LogP contribution in [0.25, 0.3) is 0 Å². The minimum atomic E-state index is -0.249. The van der Waals surface area contributed by atoms with Crippen LogP contribution in [0.3, 0.4) is 0 Å². The standard InChI is InChI=1S/C18H20N2O3/c1-12-8-16(21)15(9-19-12)18(22)20-10-17(23-11-13(20)2)14-6-4-3-5-7-14/h3-9,13,17H,10-11H2,1-2H3,(H,19,21)/t13-,17+/m1/s1. The summed E-state index contributed by atoms with van der Waals surface area (Å²) in [4.78, 5) is 29.5. The second kappa shape index (κ2) is 6.38. The van der Waals surface area contributed by atoms with Crippen LogP contribution >= 0.6 is 0 Å². The van der Waals surface area contributed by atoms with Gasteiger partial charge in [0.1, 0.15) is 11.7 Å². The summed E-state index contributed by atoms with van der Waals surface area (Å²) in [5.74, 6) is -0.247. The Morgan fingerprint density at radius 1 is 1.30 bits per heavy atom. The van der Waals surface area contributed by atoms with Crippen LogP contribution in [-0.2, 0) is 4.74 Å². The molecule has 1 aromatic carbocycles. The monoisotopic (exact) mass is 312 g/mol. The topological polar surface area (TPSA) is 62.4 Å². The van der Waals surface area contributed by atoms with Crippen molar-refractivity contribution in [1.82, 2.24) is 9.88 Å². The molecule has 2 heterocycles. The summed E-state index contributed by atoms with van der Waals surface area (Å²) in [6.07, 6.45) is 1.33. The molecule has 1 aliphatic heterocycles. The van der Waals surface area contributed by atoms with Gasteiger partial charge in [0.05, 0.1) is 19.2 Å². The highest BCUT2D eigenvalue weighted by Gasteiger charge is 2.31. The molecule has 5 nitrogen and oxygen atoms in total. The Morgan fingerprint density at radius 3 is 2.74 bits per heavy atom. The second-order valence-electron chi connectivity index (χ2n) is 5.93. The van der Waals surface area contributed by atoms with Gasteiger partial charge in [0, 0.05) is 18.0 Å². The number of pyridine rings is 1. The number of aryl methyl sites for hydroxylation is 1. The van der Waals surface area contributed by atoms with Crippen molar-refractivity contribution in [2.24, 2.45) is 0 Å². The number of nitrogens with zero attached hydrogens (tertiary/aromatic N) is 1. The molecule has 0 bridgehead atoms. The summed E-state index contributed by atoms with van der Waals surface area (Å²) in [7, 11) is 0. The number of amides is 1. The van der Waals surface area contributed by atoms with Gasteiger partial charge in [0.15, 0.2) is 5.43 Å². The van der Waals surface area contributed by atoms with Crippen molar-refractivity contribution in [3.05, 3.63) is 69.6 Å². The third-order valence-corrected chi connectivity index (χ3v) is 4.15. The molecule has 120 valence electrons. The zero-order valence-electron chi connectivity index (χ0n) is 13.3. The van der Waals surface area contributed by atoms with Gasteiger partial charge in [-0.3, -0.25) is 9.59 Å². The molecular weight excluding hydrogens is 292 g/mol. The SMILES string of the molecule is Cc1cc(=O)c(C(=O)N2C[C@@H](c3ccccc3)OC[C@H]2C)c[nH]1. The summed E-state index contributed by atoms with van der Waals surface area (Å²) in [5, 5.41) is 0. The molecule has 3 rings (SSSR count). The van der Waals surface area contributed by atoms with Gasteiger partial charge in [-0.1, -0.05) is 30.3 Å². The molecule has 1 amide bonds. The number of carbonyl (C=O) groups excluding carboxylic acids is 1. The zero-order valence-corrected chi connectivity index (χ0v) is 13.3. The Balaban J connectivity index is 1.85. The number of aromatic nitrogens is 1. The van der Waals surface area contributed by atoms with Crippen molar-refractivity contribution in [2.45, 2.75) is 26.0 Å². The van der Waals surface area contributed by atoms with Crippen LogP contribution in [-0.4, -0.2) is 35.0 Å². The lowest BCUT2D eigenvalue weighted by atomic mass is 10.1. The Bertz CT molecular complexity index is 754. The number of H-pyrrole nitrogens is 1. The predicted molar refractivity (Wildman–Crippen MR) is 87.4 cm³/mol. The van der Waals surface area contributed by atoms with Crippen molar-refractivity contribution in [2.75, 3.05) is 13.2 Å². The number of nitrogens with one attached hydrogen (secondary N) is 1. The molecule has 0 saturated carbocycles. The van der Waals surface area contributed by atoms with Crippen LogP contribution in [0.5, 0.6) is 0 Å². The minimum Gasteiger partial charge on any atom is -0.370 e. The lowest BCUT2D eigenvalue weighted by Crippen LogP contribution is -2.49. The highest BCUT2D eigenvalue weighted by molar-refractivity contribution is 5.94. The lowest BCUT2D eigenvalue weighted by Gasteiger charge is -2.38. The van der Waals surface area contributed by atoms with Gasteiger partial charge in [-0.2, -0.15) is 0 Å². The van der Waals surface area contributed by atoms with Crippen molar-refractivity contribution in [3.8, 4) is 0 Å². The van der Waals surface area contributed by atoms with E-state index in [2.05, 4.69) is 4.98 Å². The Hall–Kier alpha value is -2.40. The third-order valence-electron chi connectivity index (χ3n) is 4.15. The first-order chi connectivity index (χ1) is 11.1. The van der Waals surface area contributed by atoms with Crippen LogP contribution in [0.15, 0.2) is 47.4 Å². The van der Waals surface area contributed by atoms with E-state index in [4.69, 9.17) is 4.74 Å². The van der Waals surface area contributed by atoms with Gasteiger partial charge in [-0.15, -0.1) is 0 Å². The van der Waals surface area contributed by atoms with Gasteiger partial charge >= 0.3 is 0 Å². The molecular formula is C18H20N2O3. The van der Waals surface area contributed by atoms with Gasteiger partial charge in [0.2, 0.25) is 0 Å². The van der Waals surface area contributed by atoms with E-state index in [0.29, 0.717) is 13.2 Å². The van der Waals surface area contributed by atoms with Gasteiger partial charge < -0.3 is 14.6 Å². The molecule has 23 heavy (non-hydrogen) atoms. The van der Waals surface area contributed by atoms with Gasteiger partial charge in [-0.25, -0.2) is 0 Å². The molecule has 0 spiro atoms. The first-order valence-electron chi connectivity index (χ1n) is 7.73. The Labute approximate surface area is 134 Å². The van der Waals surface area contributed by atoms with Crippen LogP contribution in [0.1, 0.15) is 34.6 Å². The average molecular weight is 312 g/mol. The van der Waals surface area contributed by atoms with E-state index in [9.17, 15) is 9.59 Å². The predicted octanol–water partition coefficient (Wildman–Crippen LogP) is 2.29. The summed E-state index contributed by atoms with van der Waals surface area (Å²) >= 11 is 0. The first-order valence-corrected chi connectivity index (χ1v) is 7.73. The minimum absolute atomic E-state index is 0.0665. The molecule has 5 heteroatoms. The molecule has 0 unspecified atom stereocenters. The highest BCUT2D eigenvalue weighted by atomic mass is 16.5.